The Labute approximate surface area is 200 Å². The van der Waals surface area contributed by atoms with Crippen LogP contribution in [-0.4, -0.2) is 24.4 Å². The Kier molecular flexibility index (Phi) is 5.14. The average molecular weight is 471 g/mol. The van der Waals surface area contributed by atoms with Gasteiger partial charge < -0.3 is 0 Å². The van der Waals surface area contributed by atoms with Crippen LogP contribution >= 0.6 is 0 Å². The number of pyridine rings is 1. The fourth-order valence-electron chi connectivity index (χ4n) is 4.63. The molecule has 0 spiro atoms. The molecule has 2 aromatic carbocycles. The number of hydrogen-bond donors (Lipinski definition) is 1. The number of ketones is 1. The van der Waals surface area contributed by atoms with Gasteiger partial charge >= 0.3 is 0 Å². The number of hydrogen-bond acceptors (Lipinski definition) is 4. The van der Waals surface area contributed by atoms with Crippen molar-refractivity contribution >= 4 is 27.6 Å². The molecule has 2 fully saturated rings. The number of rotatable bonds is 8. The van der Waals surface area contributed by atoms with E-state index in [2.05, 4.69) is 16.9 Å². The van der Waals surface area contributed by atoms with E-state index in [-0.39, 0.29) is 17.0 Å². The Morgan fingerprint density at radius 3 is 2.47 bits per heavy atom. The molecule has 0 aliphatic heterocycles. The lowest BCUT2D eigenvalue weighted by molar-refractivity contribution is -0.119. The molecule has 0 bridgehead atoms. The van der Waals surface area contributed by atoms with E-state index in [1.54, 1.807) is 0 Å². The molecule has 2 saturated carbocycles. The van der Waals surface area contributed by atoms with Gasteiger partial charge in [0.1, 0.15) is 5.78 Å². The number of sulfonamides is 1. The summed E-state index contributed by atoms with van der Waals surface area (Å²) in [5.74, 6) is 0.485. The number of carbonyl (C=O) groups is 1. The molecule has 3 aliphatic carbocycles. The Morgan fingerprint density at radius 1 is 0.941 bits per heavy atom. The van der Waals surface area contributed by atoms with Gasteiger partial charge in [-0.15, -0.1) is 0 Å². The van der Waals surface area contributed by atoms with Crippen LogP contribution in [0.25, 0.3) is 28.3 Å². The predicted octanol–water partition coefficient (Wildman–Crippen LogP) is 5.41. The monoisotopic (exact) mass is 470 g/mol. The Morgan fingerprint density at radius 2 is 1.74 bits per heavy atom. The number of Topliss-reactive ketones (excluding diaryl/α,β-unsaturated/α-hetero) is 1. The zero-order chi connectivity index (χ0) is 23.3. The molecule has 1 heterocycles. The van der Waals surface area contributed by atoms with Crippen LogP contribution in [0.2, 0.25) is 0 Å². The van der Waals surface area contributed by atoms with Crippen molar-refractivity contribution < 1.29 is 13.2 Å². The third-order valence-corrected chi connectivity index (χ3v) is 8.66. The summed E-state index contributed by atoms with van der Waals surface area (Å²) in [6.07, 6.45) is 8.75. The van der Waals surface area contributed by atoms with Crippen LogP contribution in [-0.2, 0) is 27.7 Å². The average Bonchev–Trinajstić information content (AvgIpc) is 3.76. The third-order valence-electron chi connectivity index (χ3n) is 6.81. The zero-order valence-corrected chi connectivity index (χ0v) is 19.6. The van der Waals surface area contributed by atoms with Gasteiger partial charge in [-0.2, -0.15) is 0 Å². The lowest BCUT2D eigenvalue weighted by Crippen LogP contribution is -2.17. The van der Waals surface area contributed by atoms with Gasteiger partial charge in [-0.3, -0.25) is 14.5 Å². The normalized spacial score (nSPS) is 16.9. The van der Waals surface area contributed by atoms with Gasteiger partial charge in [0, 0.05) is 35.6 Å². The van der Waals surface area contributed by atoms with Gasteiger partial charge in [-0.05, 0) is 60.6 Å². The smallest absolute Gasteiger partial charge is 0.235 e. The molecule has 34 heavy (non-hydrogen) atoms. The molecule has 1 N–H and O–H groups in total. The van der Waals surface area contributed by atoms with E-state index in [4.69, 9.17) is 4.98 Å². The summed E-state index contributed by atoms with van der Waals surface area (Å²) in [7, 11) is -3.39. The molecular formula is C28H26N2O3S. The van der Waals surface area contributed by atoms with Gasteiger partial charge in [-0.25, -0.2) is 8.42 Å². The summed E-state index contributed by atoms with van der Waals surface area (Å²) in [6.45, 7) is 0. The zero-order valence-electron chi connectivity index (χ0n) is 18.8. The highest BCUT2D eigenvalue weighted by Crippen LogP contribution is 2.39. The van der Waals surface area contributed by atoms with Crippen molar-refractivity contribution in [2.24, 2.45) is 5.92 Å². The SMILES string of the molecule is O=C(Cc1cc(-c2ccc(NS(=O)(=O)C3CC3)c(-c3ccccc3)c2)c2c(n1)CC=C2)C1CC1. The third kappa shape index (κ3) is 4.18. The second-order valence-electron chi connectivity index (χ2n) is 9.52. The van der Waals surface area contributed by atoms with Crippen LogP contribution in [0.3, 0.4) is 0 Å². The molecule has 0 atom stereocenters. The first kappa shape index (κ1) is 21.3. The summed E-state index contributed by atoms with van der Waals surface area (Å²) in [6, 6.07) is 17.7. The van der Waals surface area contributed by atoms with Crippen LogP contribution in [0.5, 0.6) is 0 Å². The maximum Gasteiger partial charge on any atom is 0.235 e. The Hall–Kier alpha value is -3.25. The van der Waals surface area contributed by atoms with Gasteiger partial charge in [0.15, 0.2) is 0 Å². The molecule has 6 rings (SSSR count). The summed E-state index contributed by atoms with van der Waals surface area (Å²) >= 11 is 0. The number of nitrogens with zero attached hydrogens (tertiary/aromatic N) is 1. The van der Waals surface area contributed by atoms with Crippen molar-refractivity contribution in [3.63, 3.8) is 0 Å². The fraction of sp³-hybridized carbons (Fsp3) is 0.286. The number of nitrogens with one attached hydrogen (secondary N) is 1. The number of fused-ring (bicyclic) bond motifs is 1. The maximum atomic E-state index is 12.7. The predicted molar refractivity (Wildman–Crippen MR) is 135 cm³/mol. The summed E-state index contributed by atoms with van der Waals surface area (Å²) in [5, 5.41) is -0.295. The van der Waals surface area contributed by atoms with E-state index >= 15 is 0 Å². The number of allylic oxidation sites excluding steroid dienone is 1. The fourth-order valence-corrected chi connectivity index (χ4v) is 6.03. The Balaban J connectivity index is 1.44. The quantitative estimate of drug-likeness (QED) is 0.478. The van der Waals surface area contributed by atoms with Gasteiger partial charge in [0.2, 0.25) is 10.0 Å². The number of anilines is 1. The van der Waals surface area contributed by atoms with E-state index in [0.717, 1.165) is 58.5 Å². The van der Waals surface area contributed by atoms with Crippen molar-refractivity contribution in [2.75, 3.05) is 4.72 Å². The molecule has 1 aromatic heterocycles. The molecule has 172 valence electrons. The molecule has 3 aliphatic rings. The minimum absolute atomic E-state index is 0.208. The topological polar surface area (TPSA) is 76.1 Å². The van der Waals surface area contributed by atoms with Crippen molar-refractivity contribution in [2.45, 2.75) is 43.8 Å². The standard InChI is InChI=1S/C28H26N2O3S/c31-28(19-9-10-19)17-21-16-24(23-7-4-8-26(23)29-21)20-11-14-27(30-34(32,33)22-12-13-22)25(15-20)18-5-2-1-3-6-18/h1-7,11,14-16,19,22,30H,8-10,12-13,17H2. The van der Waals surface area contributed by atoms with Gasteiger partial charge in [0.05, 0.1) is 16.6 Å². The second-order valence-corrected chi connectivity index (χ2v) is 11.5. The van der Waals surface area contributed by atoms with Gasteiger partial charge in [-0.1, -0.05) is 48.6 Å². The first-order valence-electron chi connectivity index (χ1n) is 11.9. The van der Waals surface area contributed by atoms with E-state index in [9.17, 15) is 13.2 Å². The van der Waals surface area contributed by atoms with Crippen LogP contribution in [0, 0.1) is 5.92 Å². The van der Waals surface area contributed by atoms with Crippen molar-refractivity contribution in [3.8, 4) is 22.3 Å². The number of aromatic nitrogens is 1. The highest BCUT2D eigenvalue weighted by molar-refractivity contribution is 7.93. The molecule has 0 amide bonds. The maximum absolute atomic E-state index is 12.7. The first-order chi connectivity index (χ1) is 16.5. The molecule has 5 nitrogen and oxygen atoms in total. The largest absolute Gasteiger partial charge is 0.299 e. The van der Waals surface area contributed by atoms with E-state index in [1.807, 2.05) is 54.6 Å². The van der Waals surface area contributed by atoms with Crippen molar-refractivity contribution in [1.82, 2.24) is 4.98 Å². The van der Waals surface area contributed by atoms with E-state index in [1.165, 1.54) is 0 Å². The molecule has 6 heteroatoms. The molecule has 0 saturated heterocycles. The summed E-state index contributed by atoms with van der Waals surface area (Å²) in [4.78, 5) is 17.3. The highest BCUT2D eigenvalue weighted by atomic mass is 32.2. The summed E-state index contributed by atoms with van der Waals surface area (Å²) in [5.41, 5.74) is 7.28. The molecule has 3 aromatic rings. The molecule has 0 radical (unpaired) electrons. The lowest BCUT2D eigenvalue weighted by Gasteiger charge is -2.16. The van der Waals surface area contributed by atoms with Gasteiger partial charge in [0.25, 0.3) is 0 Å². The van der Waals surface area contributed by atoms with Crippen molar-refractivity contribution in [3.05, 3.63) is 77.6 Å². The molecule has 0 unspecified atom stereocenters. The first-order valence-corrected chi connectivity index (χ1v) is 13.5. The van der Waals surface area contributed by atoms with Crippen LogP contribution in [0.4, 0.5) is 5.69 Å². The van der Waals surface area contributed by atoms with E-state index < -0.39 is 10.0 Å². The number of carbonyl (C=O) groups excluding carboxylic acids is 1. The summed E-state index contributed by atoms with van der Waals surface area (Å²) < 4.78 is 28.2. The minimum atomic E-state index is -3.39. The van der Waals surface area contributed by atoms with Crippen LogP contribution in [0.1, 0.15) is 42.6 Å². The lowest BCUT2D eigenvalue weighted by atomic mass is 9.94. The van der Waals surface area contributed by atoms with Crippen molar-refractivity contribution in [1.29, 1.82) is 0 Å². The minimum Gasteiger partial charge on any atom is -0.299 e. The molecular weight excluding hydrogens is 444 g/mol. The number of benzene rings is 2. The Bertz CT molecular complexity index is 1420. The van der Waals surface area contributed by atoms with Crippen LogP contribution < -0.4 is 4.72 Å². The van der Waals surface area contributed by atoms with Crippen LogP contribution in [0.15, 0.2) is 60.7 Å². The van der Waals surface area contributed by atoms with E-state index in [0.29, 0.717) is 24.9 Å². The second kappa shape index (κ2) is 8.20. The highest BCUT2D eigenvalue weighted by Gasteiger charge is 2.36.